The van der Waals surface area contributed by atoms with Crippen LogP contribution in [0.15, 0.2) is 24.3 Å². The summed E-state index contributed by atoms with van der Waals surface area (Å²) in [7, 11) is 2.12. The molecule has 4 nitrogen and oxygen atoms in total. The molecule has 1 saturated heterocycles. The Morgan fingerprint density at radius 2 is 2.05 bits per heavy atom. The fourth-order valence-corrected chi connectivity index (χ4v) is 2.38. The summed E-state index contributed by atoms with van der Waals surface area (Å²) in [6.07, 6.45) is 0. The van der Waals surface area contributed by atoms with E-state index in [1.807, 2.05) is 24.3 Å². The van der Waals surface area contributed by atoms with Crippen LogP contribution in [0.4, 0.5) is 0 Å². The summed E-state index contributed by atoms with van der Waals surface area (Å²) in [5, 5.41) is 12.4. The maximum Gasteiger partial charge on any atom is 0.0995 e. The van der Waals surface area contributed by atoms with Gasteiger partial charge in [0.25, 0.3) is 0 Å². The first kappa shape index (κ1) is 14.0. The van der Waals surface area contributed by atoms with Gasteiger partial charge in [0.2, 0.25) is 0 Å². The van der Waals surface area contributed by atoms with Gasteiger partial charge in [-0.2, -0.15) is 5.26 Å². The van der Waals surface area contributed by atoms with Gasteiger partial charge in [-0.1, -0.05) is 18.2 Å². The van der Waals surface area contributed by atoms with Crippen LogP contribution in [0.5, 0.6) is 0 Å². The SMILES string of the molecule is CN(CCN1CCNCC1)Cc1ccccc1C#N. The molecular weight excluding hydrogens is 236 g/mol. The molecule has 0 saturated carbocycles. The molecule has 1 aromatic rings. The molecule has 2 rings (SSSR count). The van der Waals surface area contributed by atoms with Gasteiger partial charge in [0.05, 0.1) is 11.6 Å². The lowest BCUT2D eigenvalue weighted by atomic mass is 10.1. The molecule has 0 atom stereocenters. The Morgan fingerprint density at radius 3 is 2.79 bits per heavy atom. The third-order valence-electron chi connectivity index (χ3n) is 3.59. The largest absolute Gasteiger partial charge is 0.314 e. The van der Waals surface area contributed by atoms with Gasteiger partial charge >= 0.3 is 0 Å². The maximum absolute atomic E-state index is 9.08. The first-order valence-corrected chi connectivity index (χ1v) is 6.89. The maximum atomic E-state index is 9.08. The second-order valence-electron chi connectivity index (χ2n) is 5.10. The number of likely N-dealkylation sites (N-methyl/N-ethyl adjacent to an activating group) is 1. The van der Waals surface area contributed by atoms with Crippen LogP contribution >= 0.6 is 0 Å². The molecular formula is C15H22N4. The van der Waals surface area contributed by atoms with Crippen LogP contribution in [-0.2, 0) is 6.54 Å². The number of benzene rings is 1. The van der Waals surface area contributed by atoms with Gasteiger partial charge in [0.1, 0.15) is 0 Å². The van der Waals surface area contributed by atoms with E-state index >= 15 is 0 Å². The lowest BCUT2D eigenvalue weighted by Crippen LogP contribution is -2.45. The Morgan fingerprint density at radius 1 is 1.32 bits per heavy atom. The van der Waals surface area contributed by atoms with Crippen molar-refractivity contribution in [3.8, 4) is 6.07 Å². The Hall–Kier alpha value is -1.41. The monoisotopic (exact) mass is 258 g/mol. The highest BCUT2D eigenvalue weighted by molar-refractivity contribution is 5.37. The third kappa shape index (κ3) is 4.32. The van der Waals surface area contributed by atoms with Crippen LogP contribution in [-0.4, -0.2) is 56.1 Å². The van der Waals surface area contributed by atoms with E-state index in [9.17, 15) is 0 Å². The number of rotatable bonds is 5. The van der Waals surface area contributed by atoms with Crippen molar-refractivity contribution in [1.29, 1.82) is 5.26 Å². The normalized spacial score (nSPS) is 16.5. The molecule has 4 heteroatoms. The van der Waals surface area contributed by atoms with Crippen molar-refractivity contribution in [1.82, 2.24) is 15.1 Å². The van der Waals surface area contributed by atoms with E-state index in [0.29, 0.717) is 0 Å². The van der Waals surface area contributed by atoms with Crippen LogP contribution < -0.4 is 5.32 Å². The zero-order valence-electron chi connectivity index (χ0n) is 11.6. The van der Waals surface area contributed by atoms with Crippen molar-refractivity contribution in [2.45, 2.75) is 6.54 Å². The minimum atomic E-state index is 0.788. The summed E-state index contributed by atoms with van der Waals surface area (Å²) < 4.78 is 0. The smallest absolute Gasteiger partial charge is 0.0995 e. The number of nitrogens with zero attached hydrogens (tertiary/aromatic N) is 3. The van der Waals surface area contributed by atoms with Crippen molar-refractivity contribution in [3.05, 3.63) is 35.4 Å². The van der Waals surface area contributed by atoms with E-state index in [1.54, 1.807) is 0 Å². The zero-order valence-corrected chi connectivity index (χ0v) is 11.6. The highest BCUT2D eigenvalue weighted by Gasteiger charge is 2.10. The van der Waals surface area contributed by atoms with E-state index < -0.39 is 0 Å². The van der Waals surface area contributed by atoms with E-state index in [4.69, 9.17) is 5.26 Å². The van der Waals surface area contributed by atoms with E-state index in [1.165, 1.54) is 0 Å². The van der Waals surface area contributed by atoms with Crippen LogP contribution in [0, 0.1) is 11.3 Å². The average molecular weight is 258 g/mol. The Labute approximate surface area is 115 Å². The molecule has 1 fully saturated rings. The number of nitriles is 1. The van der Waals surface area contributed by atoms with E-state index in [0.717, 1.165) is 56.9 Å². The Balaban J connectivity index is 1.80. The molecule has 0 unspecified atom stereocenters. The van der Waals surface area contributed by atoms with Gasteiger partial charge in [-0.15, -0.1) is 0 Å². The van der Waals surface area contributed by atoms with Crippen LogP contribution in [0.25, 0.3) is 0 Å². The summed E-state index contributed by atoms with van der Waals surface area (Å²) in [5.41, 5.74) is 1.91. The minimum absolute atomic E-state index is 0.788. The van der Waals surface area contributed by atoms with Gasteiger partial charge in [-0.25, -0.2) is 0 Å². The molecule has 1 aromatic carbocycles. The van der Waals surface area contributed by atoms with Crippen LogP contribution in [0.2, 0.25) is 0 Å². The van der Waals surface area contributed by atoms with Crippen molar-refractivity contribution in [2.24, 2.45) is 0 Å². The first-order valence-electron chi connectivity index (χ1n) is 6.89. The summed E-state index contributed by atoms with van der Waals surface area (Å²) >= 11 is 0. The van der Waals surface area contributed by atoms with Gasteiger partial charge in [-0.3, -0.25) is 4.90 Å². The minimum Gasteiger partial charge on any atom is -0.314 e. The highest BCUT2D eigenvalue weighted by atomic mass is 15.2. The third-order valence-corrected chi connectivity index (χ3v) is 3.59. The van der Waals surface area contributed by atoms with Gasteiger partial charge < -0.3 is 10.2 Å². The van der Waals surface area contributed by atoms with E-state index in [-0.39, 0.29) is 0 Å². The molecule has 1 aliphatic heterocycles. The fourth-order valence-electron chi connectivity index (χ4n) is 2.38. The standard InChI is InChI=1S/C15H22N4/c1-18(10-11-19-8-6-17-7-9-19)13-15-5-3-2-4-14(15)12-16/h2-5,17H,6-11,13H2,1H3. The lowest BCUT2D eigenvalue weighted by Gasteiger charge is -2.29. The second-order valence-corrected chi connectivity index (χ2v) is 5.10. The van der Waals surface area contributed by atoms with E-state index in [2.05, 4.69) is 28.2 Å². The summed E-state index contributed by atoms with van der Waals surface area (Å²) in [5.74, 6) is 0. The lowest BCUT2D eigenvalue weighted by molar-refractivity contribution is 0.202. The first-order chi connectivity index (χ1) is 9.29. The molecule has 19 heavy (non-hydrogen) atoms. The Kier molecular flexibility index (Phi) is 5.34. The van der Waals surface area contributed by atoms with Crippen molar-refractivity contribution in [2.75, 3.05) is 46.3 Å². The molecule has 1 N–H and O–H groups in total. The summed E-state index contributed by atoms with van der Waals surface area (Å²) in [6.45, 7) is 7.47. The molecule has 0 amide bonds. The predicted octanol–water partition coefficient (Wildman–Crippen LogP) is 0.895. The second kappa shape index (κ2) is 7.25. The number of piperazine rings is 1. The molecule has 102 valence electrons. The summed E-state index contributed by atoms with van der Waals surface area (Å²) in [4.78, 5) is 4.78. The average Bonchev–Trinajstić information content (AvgIpc) is 2.47. The van der Waals surface area contributed by atoms with Gasteiger partial charge in [0.15, 0.2) is 0 Å². The topological polar surface area (TPSA) is 42.3 Å². The summed E-state index contributed by atoms with van der Waals surface area (Å²) in [6, 6.07) is 10.1. The van der Waals surface area contributed by atoms with Crippen molar-refractivity contribution >= 4 is 0 Å². The highest BCUT2D eigenvalue weighted by Crippen LogP contribution is 2.09. The molecule has 0 bridgehead atoms. The molecule has 1 heterocycles. The molecule has 0 spiro atoms. The van der Waals surface area contributed by atoms with Gasteiger partial charge in [-0.05, 0) is 18.7 Å². The predicted molar refractivity (Wildman–Crippen MR) is 76.8 cm³/mol. The number of hydrogen-bond acceptors (Lipinski definition) is 4. The molecule has 0 aliphatic carbocycles. The fraction of sp³-hybridized carbons (Fsp3) is 0.533. The van der Waals surface area contributed by atoms with Gasteiger partial charge in [0, 0.05) is 45.8 Å². The van der Waals surface area contributed by atoms with Crippen molar-refractivity contribution in [3.63, 3.8) is 0 Å². The van der Waals surface area contributed by atoms with Crippen LogP contribution in [0.1, 0.15) is 11.1 Å². The van der Waals surface area contributed by atoms with Crippen LogP contribution in [0.3, 0.4) is 0 Å². The Bertz CT molecular complexity index is 432. The quantitative estimate of drug-likeness (QED) is 0.852. The molecule has 1 aliphatic rings. The molecule has 0 aromatic heterocycles. The number of nitrogens with one attached hydrogen (secondary N) is 1. The van der Waals surface area contributed by atoms with Crippen molar-refractivity contribution < 1.29 is 0 Å². The molecule has 0 radical (unpaired) electrons. The number of hydrogen-bond donors (Lipinski definition) is 1. The zero-order chi connectivity index (χ0) is 13.5.